The van der Waals surface area contributed by atoms with Gasteiger partial charge >= 0.3 is 12.1 Å². The lowest BCUT2D eigenvalue weighted by Gasteiger charge is -2.28. The van der Waals surface area contributed by atoms with Gasteiger partial charge in [0.25, 0.3) is 0 Å². The smallest absolute Gasteiger partial charge is 0.407 e. The van der Waals surface area contributed by atoms with Crippen LogP contribution in [0.15, 0.2) is 0 Å². The number of carboxylic acid groups (broad SMARTS) is 1. The fraction of sp³-hybridized carbons (Fsp3) is 0.846. The topological polar surface area (TPSA) is 75.6 Å². The summed E-state index contributed by atoms with van der Waals surface area (Å²) >= 11 is 0. The van der Waals surface area contributed by atoms with E-state index in [-0.39, 0.29) is 12.5 Å². The van der Waals surface area contributed by atoms with Crippen LogP contribution in [0.5, 0.6) is 0 Å². The van der Waals surface area contributed by atoms with Crippen molar-refractivity contribution >= 4 is 12.1 Å². The third kappa shape index (κ3) is 6.47. The van der Waals surface area contributed by atoms with Crippen LogP contribution in [-0.4, -0.2) is 29.3 Å². The van der Waals surface area contributed by atoms with Crippen LogP contribution in [0.3, 0.4) is 0 Å². The summed E-state index contributed by atoms with van der Waals surface area (Å²) in [7, 11) is 0. The maximum atomic E-state index is 11.5. The Labute approximate surface area is 109 Å². The fourth-order valence-corrected chi connectivity index (χ4v) is 1.72. The summed E-state index contributed by atoms with van der Waals surface area (Å²) in [5.74, 6) is -0.668. The minimum Gasteiger partial charge on any atom is -0.481 e. The van der Waals surface area contributed by atoms with Crippen LogP contribution >= 0.6 is 0 Å². The maximum absolute atomic E-state index is 11.5. The quantitative estimate of drug-likeness (QED) is 0.795. The van der Waals surface area contributed by atoms with Gasteiger partial charge in [-0.05, 0) is 40.0 Å². The van der Waals surface area contributed by atoms with Crippen LogP contribution in [0.2, 0.25) is 0 Å². The van der Waals surface area contributed by atoms with Crippen LogP contribution in [0, 0.1) is 11.3 Å². The van der Waals surface area contributed by atoms with Crippen molar-refractivity contribution in [3.8, 4) is 0 Å². The van der Waals surface area contributed by atoms with Gasteiger partial charge in [0, 0.05) is 6.54 Å². The molecule has 0 aromatic carbocycles. The van der Waals surface area contributed by atoms with E-state index in [1.54, 1.807) is 27.7 Å². The molecule has 0 aliphatic heterocycles. The van der Waals surface area contributed by atoms with Crippen molar-refractivity contribution in [2.45, 2.75) is 53.6 Å². The molecule has 5 nitrogen and oxygen atoms in total. The van der Waals surface area contributed by atoms with E-state index in [1.165, 1.54) is 0 Å². The molecule has 0 saturated carbocycles. The van der Waals surface area contributed by atoms with Crippen molar-refractivity contribution in [1.82, 2.24) is 5.32 Å². The molecule has 0 saturated heterocycles. The number of aliphatic carboxylic acids is 1. The van der Waals surface area contributed by atoms with E-state index in [4.69, 9.17) is 4.74 Å². The Morgan fingerprint density at radius 2 is 1.72 bits per heavy atom. The standard InChI is InChI=1S/C13H25NO4/c1-9(2)7-13(6,10(15)16)8-14-11(17)18-12(3,4)5/h9H,7-8H2,1-6H3,(H,14,17)(H,15,16). The molecule has 0 rings (SSSR count). The van der Waals surface area contributed by atoms with Gasteiger partial charge in [0.2, 0.25) is 0 Å². The van der Waals surface area contributed by atoms with Gasteiger partial charge in [-0.1, -0.05) is 13.8 Å². The number of ether oxygens (including phenoxy) is 1. The molecule has 0 fully saturated rings. The van der Waals surface area contributed by atoms with E-state index >= 15 is 0 Å². The molecule has 1 unspecified atom stereocenters. The molecule has 1 atom stereocenters. The Morgan fingerprint density at radius 3 is 2.06 bits per heavy atom. The molecule has 106 valence electrons. The predicted molar refractivity (Wildman–Crippen MR) is 69.4 cm³/mol. The number of rotatable bonds is 5. The monoisotopic (exact) mass is 259 g/mol. The highest BCUT2D eigenvalue weighted by molar-refractivity contribution is 5.76. The van der Waals surface area contributed by atoms with Crippen molar-refractivity contribution < 1.29 is 19.4 Å². The summed E-state index contributed by atoms with van der Waals surface area (Å²) < 4.78 is 5.07. The van der Waals surface area contributed by atoms with Gasteiger partial charge < -0.3 is 15.2 Å². The molecule has 0 spiro atoms. The molecule has 0 aromatic heterocycles. The largest absolute Gasteiger partial charge is 0.481 e. The lowest BCUT2D eigenvalue weighted by atomic mass is 9.82. The highest BCUT2D eigenvalue weighted by Gasteiger charge is 2.34. The first-order valence-corrected chi connectivity index (χ1v) is 6.16. The Kier molecular flexibility index (Phi) is 5.64. The molecule has 0 radical (unpaired) electrons. The number of alkyl carbamates (subject to hydrolysis) is 1. The van der Waals surface area contributed by atoms with Gasteiger partial charge in [-0.3, -0.25) is 4.79 Å². The average Bonchev–Trinajstić information content (AvgIpc) is 2.10. The second-order valence-electron chi connectivity index (χ2n) is 6.32. The van der Waals surface area contributed by atoms with Gasteiger partial charge in [-0.25, -0.2) is 4.79 Å². The average molecular weight is 259 g/mol. The zero-order valence-corrected chi connectivity index (χ0v) is 12.2. The fourth-order valence-electron chi connectivity index (χ4n) is 1.72. The number of carbonyl (C=O) groups excluding carboxylic acids is 1. The lowest BCUT2D eigenvalue weighted by Crippen LogP contribution is -2.43. The number of hydrogen-bond donors (Lipinski definition) is 2. The van der Waals surface area contributed by atoms with Crippen molar-refractivity contribution in [3.05, 3.63) is 0 Å². The molecule has 0 bridgehead atoms. The second kappa shape index (κ2) is 6.07. The highest BCUT2D eigenvalue weighted by atomic mass is 16.6. The minimum absolute atomic E-state index is 0.0649. The van der Waals surface area contributed by atoms with Gasteiger partial charge in [0.1, 0.15) is 5.60 Å². The molecule has 2 N–H and O–H groups in total. The van der Waals surface area contributed by atoms with E-state index in [9.17, 15) is 14.7 Å². The first-order valence-electron chi connectivity index (χ1n) is 6.16. The molecule has 0 heterocycles. The normalized spacial score (nSPS) is 15.1. The van der Waals surface area contributed by atoms with E-state index in [1.807, 2.05) is 13.8 Å². The molecule has 0 aliphatic rings. The van der Waals surface area contributed by atoms with Gasteiger partial charge in [-0.2, -0.15) is 0 Å². The van der Waals surface area contributed by atoms with E-state index in [0.29, 0.717) is 6.42 Å². The molecular formula is C13H25NO4. The number of carbonyl (C=O) groups is 2. The van der Waals surface area contributed by atoms with Crippen LogP contribution < -0.4 is 5.32 Å². The highest BCUT2D eigenvalue weighted by Crippen LogP contribution is 2.25. The van der Waals surface area contributed by atoms with Crippen molar-refractivity contribution in [2.24, 2.45) is 11.3 Å². The zero-order valence-electron chi connectivity index (χ0n) is 12.2. The van der Waals surface area contributed by atoms with Crippen molar-refractivity contribution in [3.63, 3.8) is 0 Å². The van der Waals surface area contributed by atoms with E-state index in [0.717, 1.165) is 0 Å². The molecule has 5 heteroatoms. The van der Waals surface area contributed by atoms with Crippen LogP contribution in [-0.2, 0) is 9.53 Å². The van der Waals surface area contributed by atoms with E-state index < -0.39 is 23.1 Å². The van der Waals surface area contributed by atoms with Gasteiger partial charge in [-0.15, -0.1) is 0 Å². The third-order valence-electron chi connectivity index (χ3n) is 2.40. The summed E-state index contributed by atoms with van der Waals surface area (Å²) in [6.07, 6.45) is -0.0864. The van der Waals surface area contributed by atoms with Crippen LogP contribution in [0.4, 0.5) is 4.79 Å². The molecule has 0 aromatic rings. The first-order chi connectivity index (χ1) is 7.96. The Balaban J connectivity index is 4.46. The third-order valence-corrected chi connectivity index (χ3v) is 2.40. The Bertz CT molecular complexity index is 307. The van der Waals surface area contributed by atoms with Gasteiger partial charge in [0.05, 0.1) is 5.41 Å². The van der Waals surface area contributed by atoms with E-state index in [2.05, 4.69) is 5.32 Å². The Hall–Kier alpha value is -1.26. The second-order valence-corrected chi connectivity index (χ2v) is 6.32. The maximum Gasteiger partial charge on any atom is 0.407 e. The molecule has 18 heavy (non-hydrogen) atoms. The first kappa shape index (κ1) is 16.7. The number of nitrogens with one attached hydrogen (secondary N) is 1. The number of hydrogen-bond acceptors (Lipinski definition) is 3. The molecule has 0 aliphatic carbocycles. The summed E-state index contributed by atoms with van der Waals surface area (Å²) in [5, 5.41) is 11.8. The van der Waals surface area contributed by atoms with Crippen molar-refractivity contribution in [1.29, 1.82) is 0 Å². The predicted octanol–water partition coefficient (Wildman–Crippen LogP) is 2.65. The lowest BCUT2D eigenvalue weighted by molar-refractivity contribution is -0.148. The number of amides is 1. The zero-order chi connectivity index (χ0) is 14.6. The SMILES string of the molecule is CC(C)CC(C)(CNC(=O)OC(C)(C)C)C(=O)O. The summed E-state index contributed by atoms with van der Waals surface area (Å²) in [5.41, 5.74) is -1.55. The number of carboxylic acids is 1. The Morgan fingerprint density at radius 1 is 1.22 bits per heavy atom. The van der Waals surface area contributed by atoms with Crippen LogP contribution in [0.1, 0.15) is 48.0 Å². The van der Waals surface area contributed by atoms with Gasteiger partial charge in [0.15, 0.2) is 0 Å². The van der Waals surface area contributed by atoms with Crippen LogP contribution in [0.25, 0.3) is 0 Å². The summed E-state index contributed by atoms with van der Waals surface area (Å²) in [6.45, 7) is 10.9. The molecular weight excluding hydrogens is 234 g/mol. The van der Waals surface area contributed by atoms with Crippen molar-refractivity contribution in [2.75, 3.05) is 6.54 Å². The summed E-state index contributed by atoms with van der Waals surface area (Å²) in [6, 6.07) is 0. The minimum atomic E-state index is -0.967. The molecule has 1 amide bonds. The summed E-state index contributed by atoms with van der Waals surface area (Å²) in [4.78, 5) is 22.7.